The molecule has 0 amide bonds. The van der Waals surface area contributed by atoms with Gasteiger partial charge in [0.15, 0.2) is 0 Å². The highest BCUT2D eigenvalue weighted by Crippen LogP contribution is 1.39. The van der Waals surface area contributed by atoms with E-state index in [4.69, 9.17) is 11.5 Å². The molecular weight excluding hydrogens is 76.1 g/mol. The van der Waals surface area contributed by atoms with E-state index in [-0.39, 0.29) is 5.82 Å². The fourth-order valence-electron chi connectivity index (χ4n) is 0. The van der Waals surface area contributed by atoms with Crippen molar-refractivity contribution in [2.24, 2.45) is 11.5 Å². The van der Waals surface area contributed by atoms with E-state index >= 15 is 0 Å². The van der Waals surface area contributed by atoms with Crippen molar-refractivity contribution in [2.45, 2.75) is 13.8 Å². The summed E-state index contributed by atoms with van der Waals surface area (Å²) in [6.07, 6.45) is 0. The molecule has 0 atom stereocenters. The van der Waals surface area contributed by atoms with Gasteiger partial charge in [0.1, 0.15) is 0 Å². The Labute approximate surface area is 38.8 Å². The van der Waals surface area contributed by atoms with Crippen molar-refractivity contribution in [1.29, 1.82) is 0 Å². The van der Waals surface area contributed by atoms with E-state index in [1.807, 2.05) is 13.8 Å². The third-order valence-corrected chi connectivity index (χ3v) is 0. The Morgan fingerprint density at radius 1 is 1.33 bits per heavy atom. The van der Waals surface area contributed by atoms with Crippen molar-refractivity contribution >= 4 is 0 Å². The van der Waals surface area contributed by atoms with E-state index in [2.05, 4.69) is 6.58 Å². The van der Waals surface area contributed by atoms with E-state index in [1.54, 1.807) is 0 Å². The summed E-state index contributed by atoms with van der Waals surface area (Å²) in [6.45, 7) is 7.11. The molecule has 0 aliphatic heterocycles. The van der Waals surface area contributed by atoms with Crippen LogP contribution in [0.25, 0.3) is 0 Å². The average molecular weight is 88.2 g/mol. The summed E-state index contributed by atoms with van der Waals surface area (Å²) >= 11 is 0. The van der Waals surface area contributed by atoms with Crippen molar-refractivity contribution in [1.82, 2.24) is 0 Å². The van der Waals surface area contributed by atoms with Crippen molar-refractivity contribution in [2.75, 3.05) is 0 Å². The van der Waals surface area contributed by atoms with Crippen LogP contribution in [0.2, 0.25) is 0 Å². The smallest absolute Gasteiger partial charge is 0.0859 e. The van der Waals surface area contributed by atoms with E-state index in [0.717, 1.165) is 0 Å². The molecule has 2 nitrogen and oxygen atoms in total. The van der Waals surface area contributed by atoms with E-state index in [9.17, 15) is 0 Å². The Hall–Kier alpha value is -0.660. The molecule has 0 rings (SSSR count). The molecule has 4 N–H and O–H groups in total. The molecule has 0 aromatic heterocycles. The first-order valence-electron chi connectivity index (χ1n) is 1.93. The van der Waals surface area contributed by atoms with Crippen LogP contribution >= 0.6 is 0 Å². The molecule has 0 aromatic rings. The lowest BCUT2D eigenvalue weighted by atomic mass is 10.9. The largest absolute Gasteiger partial charge is 0.386 e. The van der Waals surface area contributed by atoms with Crippen LogP contribution < -0.4 is 11.5 Å². The van der Waals surface area contributed by atoms with Gasteiger partial charge in [-0.25, -0.2) is 0 Å². The molecule has 0 aliphatic rings. The molecule has 38 valence electrons. The first kappa shape index (κ1) is 9.02. The minimum Gasteiger partial charge on any atom is -0.386 e. The molecule has 6 heavy (non-hydrogen) atoms. The quantitative estimate of drug-likeness (QED) is 0.450. The lowest BCUT2D eigenvalue weighted by Gasteiger charge is -1.72. The van der Waals surface area contributed by atoms with Crippen LogP contribution in [-0.2, 0) is 0 Å². The van der Waals surface area contributed by atoms with Crippen molar-refractivity contribution < 1.29 is 0 Å². The molecular formula is C4H12N2. The standard InChI is InChI=1S/C2H6N2.C2H6/c1-2(3)4;1-2/h1,3-4H2;1-2H3. The third-order valence-electron chi connectivity index (χ3n) is 0. The van der Waals surface area contributed by atoms with Crippen LogP contribution in [0, 0.1) is 0 Å². The van der Waals surface area contributed by atoms with Gasteiger partial charge in [0, 0.05) is 0 Å². The maximum Gasteiger partial charge on any atom is 0.0859 e. The second-order valence-electron chi connectivity index (χ2n) is 0.575. The van der Waals surface area contributed by atoms with E-state index < -0.39 is 0 Å². The summed E-state index contributed by atoms with van der Waals surface area (Å²) < 4.78 is 0. The van der Waals surface area contributed by atoms with Gasteiger partial charge < -0.3 is 11.5 Å². The Kier molecular flexibility index (Phi) is 13.3. The monoisotopic (exact) mass is 88.1 g/mol. The predicted molar refractivity (Wildman–Crippen MR) is 28.9 cm³/mol. The molecule has 0 radical (unpaired) electrons. The van der Waals surface area contributed by atoms with Crippen molar-refractivity contribution in [3.63, 3.8) is 0 Å². The second-order valence-corrected chi connectivity index (χ2v) is 0.575. The minimum atomic E-state index is 0.167. The van der Waals surface area contributed by atoms with Gasteiger partial charge in [-0.2, -0.15) is 0 Å². The normalized spacial score (nSPS) is 5.00. The highest BCUT2D eigenvalue weighted by molar-refractivity contribution is 4.73. The zero-order valence-electron chi connectivity index (χ0n) is 4.36. The fraction of sp³-hybridized carbons (Fsp3) is 0.500. The van der Waals surface area contributed by atoms with Gasteiger partial charge in [-0.05, 0) is 0 Å². The van der Waals surface area contributed by atoms with Crippen molar-refractivity contribution in [3.05, 3.63) is 12.4 Å². The Morgan fingerprint density at radius 2 is 1.33 bits per heavy atom. The zero-order chi connectivity index (χ0) is 5.58. The van der Waals surface area contributed by atoms with Gasteiger partial charge in [0.2, 0.25) is 0 Å². The maximum atomic E-state index is 4.69. The summed E-state index contributed by atoms with van der Waals surface area (Å²) in [7, 11) is 0. The molecule has 0 saturated heterocycles. The average Bonchev–Trinajstić information content (AvgIpc) is 1.41. The summed E-state index contributed by atoms with van der Waals surface area (Å²) in [5.41, 5.74) is 9.39. The Balaban J connectivity index is 0. The molecule has 0 spiro atoms. The summed E-state index contributed by atoms with van der Waals surface area (Å²) in [6, 6.07) is 0. The SMILES string of the molecule is C=C(N)N.CC. The molecule has 2 heteroatoms. The highest BCUT2D eigenvalue weighted by atomic mass is 14.8. The number of hydrogen-bond donors (Lipinski definition) is 2. The van der Waals surface area contributed by atoms with Gasteiger partial charge in [-0.1, -0.05) is 20.4 Å². The summed E-state index contributed by atoms with van der Waals surface area (Å²) in [5, 5.41) is 0. The predicted octanol–water partition coefficient (Wildman–Crippen LogP) is 0.401. The minimum absolute atomic E-state index is 0.167. The maximum absolute atomic E-state index is 4.69. The second kappa shape index (κ2) is 8.84. The van der Waals surface area contributed by atoms with Crippen LogP contribution in [-0.4, -0.2) is 0 Å². The summed E-state index contributed by atoms with van der Waals surface area (Å²) in [4.78, 5) is 0. The molecule has 0 aromatic carbocycles. The topological polar surface area (TPSA) is 52.0 Å². The number of rotatable bonds is 0. The first-order chi connectivity index (χ1) is 2.73. The van der Waals surface area contributed by atoms with Crippen LogP contribution in [0.4, 0.5) is 0 Å². The lowest BCUT2D eigenvalue weighted by Crippen LogP contribution is -2.04. The van der Waals surface area contributed by atoms with Crippen LogP contribution in [0.1, 0.15) is 13.8 Å². The third kappa shape index (κ3) is 42.0. The number of nitrogens with two attached hydrogens (primary N) is 2. The molecule has 0 saturated carbocycles. The van der Waals surface area contributed by atoms with Crippen LogP contribution in [0.15, 0.2) is 12.4 Å². The zero-order valence-corrected chi connectivity index (χ0v) is 4.36. The van der Waals surface area contributed by atoms with Gasteiger partial charge in [0.05, 0.1) is 5.82 Å². The van der Waals surface area contributed by atoms with Gasteiger partial charge in [-0.15, -0.1) is 0 Å². The van der Waals surface area contributed by atoms with Gasteiger partial charge >= 0.3 is 0 Å². The van der Waals surface area contributed by atoms with Gasteiger partial charge in [-0.3, -0.25) is 0 Å². The first-order valence-corrected chi connectivity index (χ1v) is 1.93. The molecule has 0 fully saturated rings. The summed E-state index contributed by atoms with van der Waals surface area (Å²) in [5.74, 6) is 0.167. The van der Waals surface area contributed by atoms with E-state index in [1.165, 1.54) is 0 Å². The van der Waals surface area contributed by atoms with E-state index in [0.29, 0.717) is 0 Å². The molecule has 0 aliphatic carbocycles. The Bertz CT molecular complexity index is 28.5. The Morgan fingerprint density at radius 3 is 1.33 bits per heavy atom. The van der Waals surface area contributed by atoms with Crippen LogP contribution in [0.3, 0.4) is 0 Å². The number of hydrogen-bond acceptors (Lipinski definition) is 2. The lowest BCUT2D eigenvalue weighted by molar-refractivity contribution is 1.27. The van der Waals surface area contributed by atoms with Crippen LogP contribution in [0.5, 0.6) is 0 Å². The van der Waals surface area contributed by atoms with Gasteiger partial charge in [0.25, 0.3) is 0 Å². The highest BCUT2D eigenvalue weighted by Gasteiger charge is 1.48. The molecule has 0 unspecified atom stereocenters. The molecule has 0 bridgehead atoms. The fourth-order valence-corrected chi connectivity index (χ4v) is 0. The molecule has 0 heterocycles. The van der Waals surface area contributed by atoms with Crippen molar-refractivity contribution in [3.8, 4) is 0 Å².